The Morgan fingerprint density at radius 2 is 1.77 bits per heavy atom. The van der Waals surface area contributed by atoms with Crippen molar-refractivity contribution in [3.05, 3.63) is 30.3 Å². The Kier molecular flexibility index (Phi) is 8.35. The van der Waals surface area contributed by atoms with E-state index >= 15 is 0 Å². The van der Waals surface area contributed by atoms with E-state index in [2.05, 4.69) is 33.0 Å². The van der Waals surface area contributed by atoms with Crippen LogP contribution < -0.4 is 10.1 Å². The molecule has 1 N–H and O–H groups in total. The Bertz CT molecular complexity index is 714. The van der Waals surface area contributed by atoms with Crippen molar-refractivity contribution in [2.24, 2.45) is 17.8 Å². The van der Waals surface area contributed by atoms with E-state index < -0.39 is 0 Å². The second kappa shape index (κ2) is 11.0. The number of carbonyl (C=O) groups is 2. The van der Waals surface area contributed by atoms with E-state index in [1.807, 2.05) is 40.1 Å². The molecule has 2 atom stereocenters. The third kappa shape index (κ3) is 6.22. The maximum Gasteiger partial charge on any atom is 0.245 e. The van der Waals surface area contributed by atoms with Crippen LogP contribution in [0.25, 0.3) is 0 Å². The molecule has 0 aliphatic carbocycles. The summed E-state index contributed by atoms with van der Waals surface area (Å²) in [6.45, 7) is 11.9. The summed E-state index contributed by atoms with van der Waals surface area (Å²) in [5.74, 6) is 2.07. The average Bonchev–Trinajstić information content (AvgIpc) is 2.75. The molecule has 0 aromatic heterocycles. The molecule has 31 heavy (non-hydrogen) atoms. The largest absolute Gasteiger partial charge is 0.493 e. The number of ether oxygens (including phenoxy) is 1. The fourth-order valence-corrected chi connectivity index (χ4v) is 4.70. The molecule has 0 radical (unpaired) electrons. The third-order valence-electron chi connectivity index (χ3n) is 6.41. The number of piperazine rings is 1. The van der Waals surface area contributed by atoms with E-state index in [9.17, 15) is 9.59 Å². The zero-order valence-corrected chi connectivity index (χ0v) is 19.5. The molecule has 2 aliphatic rings. The van der Waals surface area contributed by atoms with Crippen molar-refractivity contribution < 1.29 is 14.3 Å². The highest BCUT2D eigenvalue weighted by Crippen LogP contribution is 2.24. The van der Waals surface area contributed by atoms with Gasteiger partial charge >= 0.3 is 0 Å². The van der Waals surface area contributed by atoms with E-state index in [-0.39, 0.29) is 29.8 Å². The Hall–Kier alpha value is -2.08. The van der Waals surface area contributed by atoms with Gasteiger partial charge in [-0.1, -0.05) is 45.9 Å². The van der Waals surface area contributed by atoms with Crippen LogP contribution in [0.2, 0.25) is 0 Å². The van der Waals surface area contributed by atoms with Crippen molar-refractivity contribution in [1.82, 2.24) is 15.1 Å². The van der Waals surface area contributed by atoms with Gasteiger partial charge in [-0.25, -0.2) is 0 Å². The maximum atomic E-state index is 13.5. The van der Waals surface area contributed by atoms with Crippen LogP contribution in [-0.4, -0.2) is 66.5 Å². The molecule has 1 aromatic carbocycles. The smallest absolute Gasteiger partial charge is 0.245 e. The van der Waals surface area contributed by atoms with Gasteiger partial charge < -0.3 is 19.9 Å². The predicted octanol–water partition coefficient (Wildman–Crippen LogP) is 3.18. The fourth-order valence-electron chi connectivity index (χ4n) is 4.70. The molecule has 6 nitrogen and oxygen atoms in total. The molecular weight excluding hydrogens is 390 g/mol. The third-order valence-corrected chi connectivity index (χ3v) is 6.41. The summed E-state index contributed by atoms with van der Waals surface area (Å²) in [6, 6.07) is 9.34. The van der Waals surface area contributed by atoms with Crippen LogP contribution in [0.1, 0.15) is 47.0 Å². The number of likely N-dealkylation sites (tertiary alicyclic amines) is 1. The second-order valence-electron chi connectivity index (χ2n) is 9.75. The number of nitrogens with zero attached hydrogens (tertiary/aromatic N) is 2. The monoisotopic (exact) mass is 429 g/mol. The SMILES string of the molecule is CC(C)C[C@@H]1NCCN([C@H](C(=O)N2CCC(COc3ccccc3)CC2)C(C)C)C1=O. The summed E-state index contributed by atoms with van der Waals surface area (Å²) < 4.78 is 5.92. The normalized spacial score (nSPS) is 21.6. The first-order valence-corrected chi connectivity index (χ1v) is 11.9. The van der Waals surface area contributed by atoms with Gasteiger partial charge in [-0.15, -0.1) is 0 Å². The molecular formula is C25H39N3O3. The van der Waals surface area contributed by atoms with Crippen LogP contribution >= 0.6 is 0 Å². The van der Waals surface area contributed by atoms with Gasteiger partial charge in [0, 0.05) is 26.2 Å². The minimum absolute atomic E-state index is 0.0816. The van der Waals surface area contributed by atoms with Gasteiger partial charge in [0.2, 0.25) is 11.8 Å². The number of piperidine rings is 1. The van der Waals surface area contributed by atoms with Gasteiger partial charge in [0.25, 0.3) is 0 Å². The summed E-state index contributed by atoms with van der Waals surface area (Å²) in [7, 11) is 0. The number of hydrogen-bond donors (Lipinski definition) is 1. The zero-order chi connectivity index (χ0) is 22.4. The van der Waals surface area contributed by atoms with Gasteiger partial charge in [0.05, 0.1) is 12.6 Å². The number of carbonyl (C=O) groups excluding carboxylic acids is 2. The summed E-state index contributed by atoms with van der Waals surface area (Å²) in [6.07, 6.45) is 2.69. The van der Waals surface area contributed by atoms with Gasteiger partial charge in [-0.2, -0.15) is 0 Å². The fraction of sp³-hybridized carbons (Fsp3) is 0.680. The number of para-hydroxylation sites is 1. The first kappa shape index (κ1) is 23.6. The Labute approximate surface area is 187 Å². The summed E-state index contributed by atoms with van der Waals surface area (Å²) >= 11 is 0. The first-order chi connectivity index (χ1) is 14.9. The first-order valence-electron chi connectivity index (χ1n) is 11.9. The molecule has 0 unspecified atom stereocenters. The van der Waals surface area contributed by atoms with E-state index in [1.165, 1.54) is 0 Å². The number of hydrogen-bond acceptors (Lipinski definition) is 4. The lowest BCUT2D eigenvalue weighted by Crippen LogP contribution is -2.63. The zero-order valence-electron chi connectivity index (χ0n) is 19.5. The Morgan fingerprint density at radius 1 is 1.10 bits per heavy atom. The molecule has 2 amide bonds. The highest BCUT2D eigenvalue weighted by atomic mass is 16.5. The Morgan fingerprint density at radius 3 is 2.39 bits per heavy atom. The van der Waals surface area contributed by atoms with Gasteiger partial charge in [-0.05, 0) is 49.1 Å². The molecule has 2 saturated heterocycles. The molecule has 2 heterocycles. The molecule has 2 aliphatic heterocycles. The number of nitrogens with one attached hydrogen (secondary N) is 1. The second-order valence-corrected chi connectivity index (χ2v) is 9.75. The van der Waals surface area contributed by atoms with Gasteiger partial charge in [0.1, 0.15) is 11.8 Å². The Balaban J connectivity index is 1.56. The maximum absolute atomic E-state index is 13.5. The number of rotatable bonds is 8. The van der Waals surface area contributed by atoms with Crippen molar-refractivity contribution in [3.8, 4) is 5.75 Å². The van der Waals surface area contributed by atoms with Crippen molar-refractivity contribution >= 4 is 11.8 Å². The van der Waals surface area contributed by atoms with Crippen molar-refractivity contribution in [3.63, 3.8) is 0 Å². The van der Waals surface area contributed by atoms with E-state index in [0.717, 1.165) is 44.6 Å². The van der Waals surface area contributed by atoms with Crippen LogP contribution in [0.5, 0.6) is 5.75 Å². The average molecular weight is 430 g/mol. The van der Waals surface area contributed by atoms with E-state index in [4.69, 9.17) is 4.74 Å². The minimum atomic E-state index is -0.374. The van der Waals surface area contributed by atoms with E-state index in [1.54, 1.807) is 0 Å². The van der Waals surface area contributed by atoms with Crippen molar-refractivity contribution in [2.75, 3.05) is 32.8 Å². The predicted molar refractivity (Wildman–Crippen MR) is 123 cm³/mol. The molecule has 172 valence electrons. The van der Waals surface area contributed by atoms with E-state index in [0.29, 0.717) is 25.0 Å². The molecule has 6 heteroatoms. The lowest BCUT2D eigenvalue weighted by atomic mass is 9.93. The van der Waals surface area contributed by atoms with Crippen molar-refractivity contribution in [2.45, 2.75) is 59.0 Å². The quantitative estimate of drug-likeness (QED) is 0.690. The number of amides is 2. The molecule has 0 saturated carbocycles. The molecule has 0 spiro atoms. The highest BCUT2D eigenvalue weighted by Gasteiger charge is 2.40. The lowest BCUT2D eigenvalue weighted by molar-refractivity contribution is -0.151. The van der Waals surface area contributed by atoms with Crippen LogP contribution in [0.4, 0.5) is 0 Å². The topological polar surface area (TPSA) is 61.9 Å². The highest BCUT2D eigenvalue weighted by molar-refractivity contribution is 5.90. The van der Waals surface area contributed by atoms with Gasteiger partial charge in [-0.3, -0.25) is 9.59 Å². The van der Waals surface area contributed by atoms with Crippen molar-refractivity contribution in [1.29, 1.82) is 0 Å². The van der Waals surface area contributed by atoms with Crippen LogP contribution in [-0.2, 0) is 9.59 Å². The molecule has 3 rings (SSSR count). The molecule has 2 fully saturated rings. The standard InChI is InChI=1S/C25H39N3O3/c1-18(2)16-22-24(29)28(15-12-26-22)23(19(3)4)25(30)27-13-10-20(11-14-27)17-31-21-8-6-5-7-9-21/h5-9,18-20,22-23,26H,10-17H2,1-4H3/t22-,23-/m0/s1. The minimum Gasteiger partial charge on any atom is -0.493 e. The number of benzene rings is 1. The van der Waals surface area contributed by atoms with Crippen LogP contribution in [0.3, 0.4) is 0 Å². The summed E-state index contributed by atoms with van der Waals surface area (Å²) in [5.41, 5.74) is 0. The van der Waals surface area contributed by atoms with Crippen LogP contribution in [0.15, 0.2) is 30.3 Å². The summed E-state index contributed by atoms with van der Waals surface area (Å²) in [5, 5.41) is 3.35. The summed E-state index contributed by atoms with van der Waals surface area (Å²) in [4.78, 5) is 30.4. The molecule has 0 bridgehead atoms. The van der Waals surface area contributed by atoms with Crippen LogP contribution in [0, 0.1) is 17.8 Å². The molecule has 1 aromatic rings. The lowest BCUT2D eigenvalue weighted by Gasteiger charge is -2.43. The van der Waals surface area contributed by atoms with Gasteiger partial charge in [0.15, 0.2) is 0 Å².